The maximum absolute atomic E-state index is 11.5. The van der Waals surface area contributed by atoms with Crippen LogP contribution in [0.25, 0.3) is 0 Å². The molecule has 0 unspecified atom stereocenters. The van der Waals surface area contributed by atoms with Gasteiger partial charge in [0.25, 0.3) is 0 Å². The minimum atomic E-state index is -0.966. The summed E-state index contributed by atoms with van der Waals surface area (Å²) in [6.45, 7) is 2.00. The van der Waals surface area contributed by atoms with Gasteiger partial charge in [0.2, 0.25) is 0 Å². The highest BCUT2D eigenvalue weighted by Gasteiger charge is 2.14. The van der Waals surface area contributed by atoms with Gasteiger partial charge in [-0.2, -0.15) is 0 Å². The normalized spacial score (nSPS) is 9.41. The summed E-state index contributed by atoms with van der Waals surface area (Å²) in [7, 11) is 0. The molecule has 1 N–H and O–H groups in total. The molecule has 0 fully saturated rings. The van der Waals surface area contributed by atoms with Gasteiger partial charge in [-0.1, -0.05) is 17.7 Å². The summed E-state index contributed by atoms with van der Waals surface area (Å²) in [6, 6.07) is 7.17. The first-order valence-electron chi connectivity index (χ1n) is 5.11. The molecule has 0 spiro atoms. The summed E-state index contributed by atoms with van der Waals surface area (Å²) < 4.78 is 0. The van der Waals surface area contributed by atoms with E-state index < -0.39 is 11.9 Å². The molecule has 1 amide bonds. The van der Waals surface area contributed by atoms with Gasteiger partial charge in [-0.3, -0.25) is 9.59 Å². The fraction of sp³-hybridized carbons (Fsp3) is 0.231. The van der Waals surface area contributed by atoms with E-state index in [4.69, 9.17) is 11.5 Å². The van der Waals surface area contributed by atoms with Gasteiger partial charge >= 0.3 is 11.9 Å². The van der Waals surface area contributed by atoms with Crippen molar-refractivity contribution in [2.75, 3.05) is 11.4 Å². The van der Waals surface area contributed by atoms with E-state index in [2.05, 4.69) is 0 Å². The maximum atomic E-state index is 11.5. The molecule has 88 valence electrons. The molecular formula is C13H13NO3. The zero-order chi connectivity index (χ0) is 12.8. The number of aryl methyl sites for hydroxylation is 1. The number of terminal acetylenes is 1. The van der Waals surface area contributed by atoms with E-state index in [0.717, 1.165) is 5.56 Å². The van der Waals surface area contributed by atoms with Gasteiger partial charge < -0.3 is 10.0 Å². The van der Waals surface area contributed by atoms with Crippen LogP contribution in [0.2, 0.25) is 0 Å². The van der Waals surface area contributed by atoms with Crippen molar-refractivity contribution in [3.63, 3.8) is 0 Å². The molecule has 17 heavy (non-hydrogen) atoms. The molecule has 0 saturated carbocycles. The van der Waals surface area contributed by atoms with Crippen molar-refractivity contribution in [3.8, 4) is 12.3 Å². The van der Waals surface area contributed by atoms with Crippen LogP contribution < -0.4 is 4.90 Å². The molecule has 4 nitrogen and oxygen atoms in total. The average molecular weight is 231 g/mol. The molecule has 1 aromatic carbocycles. The second-order valence-electron chi connectivity index (χ2n) is 3.58. The lowest BCUT2D eigenvalue weighted by Gasteiger charge is -2.19. The summed E-state index contributed by atoms with van der Waals surface area (Å²) in [5.41, 5.74) is 1.67. The highest BCUT2D eigenvalue weighted by Crippen LogP contribution is 2.15. The number of nitrogens with zero attached hydrogens (tertiary/aromatic N) is 1. The summed E-state index contributed by atoms with van der Waals surface area (Å²) in [6.07, 6.45) is 4.92. The zero-order valence-corrected chi connectivity index (χ0v) is 9.51. The van der Waals surface area contributed by atoms with E-state index in [1.54, 1.807) is 12.1 Å². The van der Waals surface area contributed by atoms with Crippen molar-refractivity contribution in [1.82, 2.24) is 0 Å². The average Bonchev–Trinajstić information content (AvgIpc) is 2.30. The molecule has 0 aliphatic heterocycles. The number of rotatable bonds is 4. The summed E-state index contributed by atoms with van der Waals surface area (Å²) in [5, 5.41) is 8.62. The molecule has 1 aromatic rings. The second kappa shape index (κ2) is 5.71. The first-order chi connectivity index (χ1) is 8.04. The van der Waals surface area contributed by atoms with Gasteiger partial charge in [0.1, 0.15) is 0 Å². The first-order valence-corrected chi connectivity index (χ1v) is 5.11. The Labute approximate surface area is 99.9 Å². The van der Waals surface area contributed by atoms with Crippen LogP contribution in [0, 0.1) is 19.3 Å². The fourth-order valence-electron chi connectivity index (χ4n) is 1.36. The number of carboxylic acid groups (broad SMARTS) is 1. The number of hydrogen-bond acceptors (Lipinski definition) is 2. The molecule has 0 radical (unpaired) electrons. The zero-order valence-electron chi connectivity index (χ0n) is 9.51. The molecule has 0 bridgehead atoms. The number of carbonyl (C=O) groups is 2. The van der Waals surface area contributed by atoms with E-state index in [-0.39, 0.29) is 13.0 Å². The molecule has 0 aliphatic rings. The van der Waals surface area contributed by atoms with Crippen molar-refractivity contribution in [2.45, 2.75) is 13.3 Å². The van der Waals surface area contributed by atoms with Crippen LogP contribution in [0.1, 0.15) is 12.0 Å². The Morgan fingerprint density at radius 1 is 1.35 bits per heavy atom. The van der Waals surface area contributed by atoms with Crippen LogP contribution in [0.3, 0.4) is 0 Å². The highest BCUT2D eigenvalue weighted by atomic mass is 16.4. The monoisotopic (exact) mass is 231 g/mol. The summed E-state index contributed by atoms with van der Waals surface area (Å²) in [4.78, 5) is 23.3. The predicted molar refractivity (Wildman–Crippen MR) is 64.6 cm³/mol. The third-order valence-electron chi connectivity index (χ3n) is 2.26. The topological polar surface area (TPSA) is 57.6 Å². The lowest BCUT2D eigenvalue weighted by atomic mass is 10.2. The Morgan fingerprint density at radius 3 is 2.41 bits per heavy atom. The molecule has 4 heteroatoms. The molecule has 1 rings (SSSR count). The Kier molecular flexibility index (Phi) is 4.29. The molecule has 0 atom stereocenters. The highest BCUT2D eigenvalue weighted by molar-refractivity contribution is 6.05. The van der Waals surface area contributed by atoms with E-state index >= 15 is 0 Å². The Bertz CT molecular complexity index is 457. The minimum absolute atomic E-state index is 0.0709. The van der Waals surface area contributed by atoms with Crippen LogP contribution in [-0.2, 0) is 9.59 Å². The Morgan fingerprint density at radius 2 is 1.94 bits per heavy atom. The fourth-order valence-corrected chi connectivity index (χ4v) is 1.36. The Balaban J connectivity index is 2.90. The number of amides is 1. The largest absolute Gasteiger partial charge is 0.481 e. The lowest BCUT2D eigenvalue weighted by molar-refractivity contribution is -0.136. The van der Waals surface area contributed by atoms with E-state index in [1.807, 2.05) is 25.0 Å². The predicted octanol–water partition coefficient (Wildman–Crippen LogP) is 1.44. The molecule has 0 aromatic heterocycles. The quantitative estimate of drug-likeness (QED) is 0.797. The number of anilines is 1. The van der Waals surface area contributed by atoms with E-state index in [0.29, 0.717) is 5.69 Å². The molecule has 0 aliphatic carbocycles. The molecule has 0 heterocycles. The van der Waals surface area contributed by atoms with Crippen LogP contribution in [-0.4, -0.2) is 23.5 Å². The van der Waals surface area contributed by atoms with Crippen molar-refractivity contribution in [1.29, 1.82) is 0 Å². The van der Waals surface area contributed by atoms with Gasteiger partial charge in [-0.05, 0) is 25.0 Å². The number of carboxylic acids is 1. The van der Waals surface area contributed by atoms with Crippen molar-refractivity contribution in [3.05, 3.63) is 29.8 Å². The van der Waals surface area contributed by atoms with Crippen LogP contribution >= 0.6 is 0 Å². The maximum Gasteiger partial charge on any atom is 0.305 e. The third-order valence-corrected chi connectivity index (χ3v) is 2.26. The molecule has 0 saturated heterocycles. The van der Waals surface area contributed by atoms with E-state index in [1.165, 1.54) is 4.90 Å². The van der Waals surface area contributed by atoms with Gasteiger partial charge in [0.15, 0.2) is 0 Å². The van der Waals surface area contributed by atoms with Crippen LogP contribution in [0.5, 0.6) is 0 Å². The van der Waals surface area contributed by atoms with Gasteiger partial charge in [-0.15, -0.1) is 6.42 Å². The number of hydrogen-bond donors (Lipinski definition) is 1. The minimum Gasteiger partial charge on any atom is -0.481 e. The number of aliphatic carboxylic acids is 1. The van der Waals surface area contributed by atoms with E-state index in [9.17, 15) is 9.59 Å². The third kappa shape index (κ3) is 3.65. The van der Waals surface area contributed by atoms with Crippen LogP contribution in [0.15, 0.2) is 24.3 Å². The first kappa shape index (κ1) is 12.8. The SMILES string of the molecule is C#CC(=O)N(CCC(=O)O)c1ccc(C)cc1. The summed E-state index contributed by atoms with van der Waals surface area (Å²) in [5.74, 6) is 0.498. The standard InChI is InChI=1S/C13H13NO3/c1-3-12(15)14(9-8-13(16)17)11-6-4-10(2)5-7-11/h1,4-7H,8-9H2,2H3,(H,16,17). The van der Waals surface area contributed by atoms with Gasteiger partial charge in [-0.25, -0.2) is 0 Å². The van der Waals surface area contributed by atoms with Gasteiger partial charge in [0, 0.05) is 12.2 Å². The van der Waals surface area contributed by atoms with Crippen LogP contribution in [0.4, 0.5) is 5.69 Å². The van der Waals surface area contributed by atoms with Crippen molar-refractivity contribution >= 4 is 17.6 Å². The van der Waals surface area contributed by atoms with Gasteiger partial charge in [0.05, 0.1) is 6.42 Å². The summed E-state index contributed by atoms with van der Waals surface area (Å²) >= 11 is 0. The lowest BCUT2D eigenvalue weighted by Crippen LogP contribution is -2.31. The Hall–Kier alpha value is -2.28. The second-order valence-corrected chi connectivity index (χ2v) is 3.58. The van der Waals surface area contributed by atoms with Crippen molar-refractivity contribution in [2.24, 2.45) is 0 Å². The molecular weight excluding hydrogens is 218 g/mol. The smallest absolute Gasteiger partial charge is 0.305 e. The number of carbonyl (C=O) groups excluding carboxylic acids is 1. The number of benzene rings is 1. The van der Waals surface area contributed by atoms with Crippen molar-refractivity contribution < 1.29 is 14.7 Å².